The van der Waals surface area contributed by atoms with E-state index >= 15 is 0 Å². The van der Waals surface area contributed by atoms with Crippen LogP contribution in [0.15, 0.2) is 41.0 Å². The normalized spacial score (nSPS) is 17.2. The second kappa shape index (κ2) is 4.78. The molecule has 0 amide bonds. The van der Waals surface area contributed by atoms with Crippen LogP contribution in [0.4, 0.5) is 5.69 Å². The fourth-order valence-electron chi connectivity index (χ4n) is 2.61. The van der Waals surface area contributed by atoms with Gasteiger partial charge in [0, 0.05) is 21.9 Å². The highest BCUT2D eigenvalue weighted by Gasteiger charge is 2.31. The number of halogens is 1. The van der Waals surface area contributed by atoms with E-state index in [1.54, 1.807) is 18.3 Å². The van der Waals surface area contributed by atoms with Crippen molar-refractivity contribution in [3.05, 3.63) is 57.8 Å². The lowest BCUT2D eigenvalue weighted by molar-refractivity contribution is 0.0959. The molecule has 1 aromatic carbocycles. The minimum Gasteiger partial charge on any atom is -0.398 e. The molecule has 1 aromatic heterocycles. The largest absolute Gasteiger partial charge is 0.398 e. The molecule has 1 heterocycles. The van der Waals surface area contributed by atoms with Gasteiger partial charge in [0.15, 0.2) is 5.78 Å². The number of benzene rings is 1. The van der Waals surface area contributed by atoms with Crippen LogP contribution in [0.25, 0.3) is 0 Å². The molecule has 0 aliphatic heterocycles. The van der Waals surface area contributed by atoms with E-state index in [-0.39, 0.29) is 11.7 Å². The second-order valence-corrected chi connectivity index (χ2v) is 5.65. The van der Waals surface area contributed by atoms with Crippen molar-refractivity contribution in [2.24, 2.45) is 0 Å². The summed E-state index contributed by atoms with van der Waals surface area (Å²) >= 11 is 3.35. The van der Waals surface area contributed by atoms with Gasteiger partial charge in [-0.3, -0.25) is 9.78 Å². The lowest BCUT2D eigenvalue weighted by Gasteiger charge is -2.11. The first-order valence-electron chi connectivity index (χ1n) is 6.20. The Balaban J connectivity index is 1.98. The SMILES string of the molecule is Nc1cc(Br)ccc1C(=O)C1CCc2cccnc21. The van der Waals surface area contributed by atoms with Gasteiger partial charge in [-0.15, -0.1) is 0 Å². The summed E-state index contributed by atoms with van der Waals surface area (Å²) in [5.74, 6) is -0.0814. The molecule has 1 aliphatic rings. The summed E-state index contributed by atoms with van der Waals surface area (Å²) < 4.78 is 0.881. The highest BCUT2D eigenvalue weighted by molar-refractivity contribution is 9.10. The molecular weight excluding hydrogens is 304 g/mol. The number of hydrogen-bond donors (Lipinski definition) is 1. The number of rotatable bonds is 2. The van der Waals surface area contributed by atoms with E-state index in [0.29, 0.717) is 11.3 Å². The number of aryl methyl sites for hydroxylation is 1. The van der Waals surface area contributed by atoms with Gasteiger partial charge in [0.1, 0.15) is 0 Å². The molecule has 3 nitrogen and oxygen atoms in total. The van der Waals surface area contributed by atoms with E-state index in [1.165, 1.54) is 5.56 Å². The predicted molar refractivity (Wildman–Crippen MR) is 78.2 cm³/mol. The van der Waals surface area contributed by atoms with Crippen LogP contribution in [0.3, 0.4) is 0 Å². The number of aromatic nitrogens is 1. The van der Waals surface area contributed by atoms with E-state index in [1.807, 2.05) is 18.2 Å². The molecule has 96 valence electrons. The Bertz CT molecular complexity index is 654. The highest BCUT2D eigenvalue weighted by atomic mass is 79.9. The van der Waals surface area contributed by atoms with Crippen LogP contribution < -0.4 is 5.73 Å². The maximum Gasteiger partial charge on any atom is 0.173 e. The zero-order valence-electron chi connectivity index (χ0n) is 10.3. The summed E-state index contributed by atoms with van der Waals surface area (Å²) in [7, 11) is 0. The maximum absolute atomic E-state index is 12.6. The average molecular weight is 317 g/mol. The molecule has 4 heteroatoms. The minimum atomic E-state index is -0.153. The number of ketones is 1. The lowest BCUT2D eigenvalue weighted by atomic mass is 9.94. The minimum absolute atomic E-state index is 0.0717. The van der Waals surface area contributed by atoms with Crippen LogP contribution in [-0.2, 0) is 6.42 Å². The quantitative estimate of drug-likeness (QED) is 0.683. The van der Waals surface area contributed by atoms with Crippen LogP contribution in [0, 0.1) is 0 Å². The smallest absolute Gasteiger partial charge is 0.173 e. The first-order valence-corrected chi connectivity index (χ1v) is 6.99. The number of nitrogen functional groups attached to an aromatic ring is 1. The molecule has 1 aliphatic carbocycles. The number of nitrogens with two attached hydrogens (primary N) is 1. The molecule has 1 unspecified atom stereocenters. The molecule has 0 saturated heterocycles. The van der Waals surface area contributed by atoms with Crippen molar-refractivity contribution >= 4 is 27.4 Å². The number of anilines is 1. The lowest BCUT2D eigenvalue weighted by Crippen LogP contribution is -2.13. The zero-order chi connectivity index (χ0) is 13.4. The van der Waals surface area contributed by atoms with Crippen LogP contribution >= 0.6 is 15.9 Å². The Labute approximate surface area is 120 Å². The molecule has 0 fully saturated rings. The van der Waals surface area contributed by atoms with Crippen molar-refractivity contribution in [2.75, 3.05) is 5.73 Å². The van der Waals surface area contributed by atoms with Gasteiger partial charge < -0.3 is 5.73 Å². The van der Waals surface area contributed by atoms with Crippen molar-refractivity contribution in [3.8, 4) is 0 Å². The van der Waals surface area contributed by atoms with E-state index < -0.39 is 0 Å². The molecule has 0 bridgehead atoms. The van der Waals surface area contributed by atoms with Gasteiger partial charge in [0.2, 0.25) is 0 Å². The highest BCUT2D eigenvalue weighted by Crippen LogP contribution is 2.35. The number of nitrogens with zero attached hydrogens (tertiary/aromatic N) is 1. The fourth-order valence-corrected chi connectivity index (χ4v) is 2.99. The summed E-state index contributed by atoms with van der Waals surface area (Å²) in [4.78, 5) is 17.0. The first-order chi connectivity index (χ1) is 9.16. The van der Waals surface area contributed by atoms with E-state index in [0.717, 1.165) is 23.0 Å². The van der Waals surface area contributed by atoms with Crippen molar-refractivity contribution in [3.63, 3.8) is 0 Å². The number of pyridine rings is 1. The van der Waals surface area contributed by atoms with Gasteiger partial charge in [-0.05, 0) is 42.7 Å². The Morgan fingerprint density at radius 2 is 2.21 bits per heavy atom. The van der Waals surface area contributed by atoms with Gasteiger partial charge >= 0.3 is 0 Å². The maximum atomic E-state index is 12.6. The standard InChI is InChI=1S/C15H13BrN2O/c16-10-4-6-11(13(17)8-10)15(19)12-5-3-9-2-1-7-18-14(9)12/h1-2,4,6-8,12H,3,5,17H2. The molecule has 19 heavy (non-hydrogen) atoms. The summed E-state index contributed by atoms with van der Waals surface area (Å²) in [6.07, 6.45) is 3.48. The van der Waals surface area contributed by atoms with E-state index in [9.17, 15) is 4.79 Å². The van der Waals surface area contributed by atoms with Gasteiger partial charge in [0.05, 0.1) is 11.6 Å². The van der Waals surface area contributed by atoms with Crippen LogP contribution in [-0.4, -0.2) is 10.8 Å². The molecule has 1 atom stereocenters. The van der Waals surface area contributed by atoms with Crippen molar-refractivity contribution < 1.29 is 4.79 Å². The average Bonchev–Trinajstić information content (AvgIpc) is 2.82. The third-order valence-corrected chi connectivity index (χ3v) is 4.05. The molecule has 0 saturated carbocycles. The molecule has 2 aromatic rings. The van der Waals surface area contributed by atoms with Crippen LogP contribution in [0.1, 0.15) is 34.0 Å². The molecule has 3 rings (SSSR count). The molecule has 0 spiro atoms. The summed E-state index contributed by atoms with van der Waals surface area (Å²) in [5.41, 5.74) is 9.13. The summed E-state index contributed by atoms with van der Waals surface area (Å²) in [6.45, 7) is 0. The number of carbonyl (C=O) groups is 1. The Kier molecular flexibility index (Phi) is 3.11. The second-order valence-electron chi connectivity index (χ2n) is 4.73. The third-order valence-electron chi connectivity index (χ3n) is 3.55. The topological polar surface area (TPSA) is 56.0 Å². The van der Waals surface area contributed by atoms with E-state index in [4.69, 9.17) is 5.73 Å². The zero-order valence-corrected chi connectivity index (χ0v) is 11.9. The molecule has 0 radical (unpaired) electrons. The molecular formula is C15H13BrN2O. The van der Waals surface area contributed by atoms with Crippen LogP contribution in [0.5, 0.6) is 0 Å². The van der Waals surface area contributed by atoms with Crippen molar-refractivity contribution in [2.45, 2.75) is 18.8 Å². The van der Waals surface area contributed by atoms with Gasteiger partial charge in [-0.2, -0.15) is 0 Å². The number of fused-ring (bicyclic) bond motifs is 1. The fraction of sp³-hybridized carbons (Fsp3) is 0.200. The number of hydrogen-bond acceptors (Lipinski definition) is 3. The third kappa shape index (κ3) is 2.16. The Morgan fingerprint density at radius 3 is 3.00 bits per heavy atom. The summed E-state index contributed by atoms with van der Waals surface area (Å²) in [6, 6.07) is 9.35. The monoisotopic (exact) mass is 316 g/mol. The first kappa shape index (κ1) is 12.4. The molecule has 2 N–H and O–H groups in total. The summed E-state index contributed by atoms with van der Waals surface area (Å²) in [5, 5.41) is 0. The van der Waals surface area contributed by atoms with Gasteiger partial charge in [0.25, 0.3) is 0 Å². The number of Topliss-reactive ketones (excluding diaryl/α,β-unsaturated/α-hetero) is 1. The Hall–Kier alpha value is -1.68. The van der Waals surface area contributed by atoms with E-state index in [2.05, 4.69) is 20.9 Å². The van der Waals surface area contributed by atoms with Gasteiger partial charge in [-0.1, -0.05) is 22.0 Å². The van der Waals surface area contributed by atoms with Crippen molar-refractivity contribution in [1.82, 2.24) is 4.98 Å². The van der Waals surface area contributed by atoms with Crippen LogP contribution in [0.2, 0.25) is 0 Å². The predicted octanol–water partition coefficient (Wildman–Crippen LogP) is 3.34. The van der Waals surface area contributed by atoms with Gasteiger partial charge in [-0.25, -0.2) is 0 Å². The Morgan fingerprint density at radius 1 is 1.37 bits per heavy atom. The number of carbonyl (C=O) groups excluding carboxylic acids is 1. The van der Waals surface area contributed by atoms with Crippen molar-refractivity contribution in [1.29, 1.82) is 0 Å².